The summed E-state index contributed by atoms with van der Waals surface area (Å²) in [4.78, 5) is 22.1. The Bertz CT molecular complexity index is 295. The normalized spacial score (nSPS) is 13.4. The van der Waals surface area contributed by atoms with Crippen LogP contribution in [0.4, 0.5) is 0 Å². The molecule has 0 aliphatic heterocycles. The van der Waals surface area contributed by atoms with Crippen molar-refractivity contribution in [2.45, 2.75) is 32.7 Å². The Morgan fingerprint density at radius 2 is 2.00 bits per heavy atom. The average molecular weight is 228 g/mol. The van der Waals surface area contributed by atoms with Crippen molar-refractivity contribution < 1.29 is 24.2 Å². The number of rotatable bonds is 6. The molecule has 2 unspecified atom stereocenters. The first-order chi connectivity index (χ1) is 7.42. The molecule has 0 saturated carbocycles. The van der Waals surface area contributed by atoms with Gasteiger partial charge in [0.15, 0.2) is 0 Å². The monoisotopic (exact) mass is 228 g/mol. The van der Waals surface area contributed by atoms with Crippen molar-refractivity contribution in [1.29, 1.82) is 0 Å². The van der Waals surface area contributed by atoms with Gasteiger partial charge in [-0.1, -0.05) is 20.1 Å². The molecule has 0 aromatic carbocycles. The zero-order valence-corrected chi connectivity index (χ0v) is 9.43. The van der Waals surface area contributed by atoms with Crippen LogP contribution in [0.1, 0.15) is 20.3 Å². The third kappa shape index (κ3) is 4.75. The topological polar surface area (TPSA) is 72.8 Å². The lowest BCUT2D eigenvalue weighted by atomic mass is 10.2. The number of esters is 2. The van der Waals surface area contributed by atoms with Crippen LogP contribution in [0.3, 0.4) is 0 Å². The quantitative estimate of drug-likeness (QED) is 0.416. The number of ether oxygens (including phenoxy) is 2. The molecule has 0 aromatic heterocycles. The summed E-state index contributed by atoms with van der Waals surface area (Å²) in [6.07, 6.45) is -1.21. The van der Waals surface area contributed by atoms with Crippen molar-refractivity contribution in [2.24, 2.45) is 0 Å². The molecule has 0 saturated heterocycles. The molecule has 0 heterocycles. The van der Waals surface area contributed by atoms with Crippen LogP contribution in [0.2, 0.25) is 0 Å². The first-order valence-corrected chi connectivity index (χ1v) is 4.80. The SMILES string of the molecule is C=CC(=O)OC(OC(=O)C(=C)C)C(O)CC. The predicted octanol–water partition coefficient (Wildman–Crippen LogP) is 0.932. The highest BCUT2D eigenvalue weighted by Crippen LogP contribution is 2.08. The molecule has 1 N–H and O–H groups in total. The summed E-state index contributed by atoms with van der Waals surface area (Å²) in [6.45, 7) is 9.69. The lowest BCUT2D eigenvalue weighted by Crippen LogP contribution is -2.35. The van der Waals surface area contributed by atoms with Gasteiger partial charge in [-0.2, -0.15) is 0 Å². The van der Waals surface area contributed by atoms with Crippen molar-refractivity contribution in [3.05, 3.63) is 24.8 Å². The summed E-state index contributed by atoms with van der Waals surface area (Å²) in [7, 11) is 0. The first-order valence-electron chi connectivity index (χ1n) is 4.80. The van der Waals surface area contributed by atoms with Crippen molar-refractivity contribution >= 4 is 11.9 Å². The highest BCUT2D eigenvalue weighted by atomic mass is 16.7. The van der Waals surface area contributed by atoms with Crippen LogP contribution < -0.4 is 0 Å². The molecule has 5 nitrogen and oxygen atoms in total. The molecular weight excluding hydrogens is 212 g/mol. The van der Waals surface area contributed by atoms with Crippen LogP contribution in [-0.4, -0.2) is 29.4 Å². The molecule has 0 bridgehead atoms. The van der Waals surface area contributed by atoms with Crippen molar-refractivity contribution in [1.82, 2.24) is 0 Å². The van der Waals surface area contributed by atoms with E-state index in [1.165, 1.54) is 6.92 Å². The van der Waals surface area contributed by atoms with E-state index < -0.39 is 24.3 Å². The van der Waals surface area contributed by atoms with Gasteiger partial charge in [0.05, 0.1) is 0 Å². The van der Waals surface area contributed by atoms with Crippen LogP contribution >= 0.6 is 0 Å². The molecule has 0 aliphatic rings. The standard InChI is InChI=1S/C11H16O5/c1-5-8(12)11(15-9(13)6-2)16-10(14)7(3)4/h6,8,11-12H,2-3,5H2,1,4H3. The summed E-state index contributed by atoms with van der Waals surface area (Å²) in [5, 5.41) is 9.47. The fourth-order valence-electron chi connectivity index (χ4n) is 0.742. The van der Waals surface area contributed by atoms with E-state index in [9.17, 15) is 14.7 Å². The average Bonchev–Trinajstić information content (AvgIpc) is 2.26. The Labute approximate surface area is 94.4 Å². The van der Waals surface area contributed by atoms with E-state index in [4.69, 9.17) is 4.74 Å². The lowest BCUT2D eigenvalue weighted by Gasteiger charge is -2.21. The Morgan fingerprint density at radius 3 is 2.38 bits per heavy atom. The summed E-state index contributed by atoms with van der Waals surface area (Å²) in [5.74, 6) is -1.50. The summed E-state index contributed by atoms with van der Waals surface area (Å²) in [5.41, 5.74) is 0.156. The van der Waals surface area contributed by atoms with E-state index in [-0.39, 0.29) is 12.0 Å². The number of aliphatic hydroxyl groups is 1. The van der Waals surface area contributed by atoms with Gasteiger partial charge < -0.3 is 14.6 Å². The molecule has 0 amide bonds. The maximum absolute atomic E-state index is 11.2. The van der Waals surface area contributed by atoms with E-state index >= 15 is 0 Å². The van der Waals surface area contributed by atoms with Crippen LogP contribution in [0.25, 0.3) is 0 Å². The minimum atomic E-state index is -1.33. The molecular formula is C11H16O5. The molecule has 90 valence electrons. The summed E-state index contributed by atoms with van der Waals surface area (Å²) < 4.78 is 9.44. The van der Waals surface area contributed by atoms with E-state index in [1.54, 1.807) is 6.92 Å². The minimum absolute atomic E-state index is 0.156. The van der Waals surface area contributed by atoms with Crippen LogP contribution in [-0.2, 0) is 19.1 Å². The molecule has 16 heavy (non-hydrogen) atoms. The van der Waals surface area contributed by atoms with Gasteiger partial charge in [0.1, 0.15) is 6.10 Å². The maximum Gasteiger partial charge on any atom is 0.336 e. The molecule has 0 fully saturated rings. The highest BCUT2D eigenvalue weighted by molar-refractivity contribution is 5.87. The van der Waals surface area contributed by atoms with E-state index in [2.05, 4.69) is 17.9 Å². The number of hydrogen-bond acceptors (Lipinski definition) is 5. The number of aliphatic hydroxyl groups excluding tert-OH is 1. The number of hydrogen-bond donors (Lipinski definition) is 1. The first kappa shape index (κ1) is 14.4. The summed E-state index contributed by atoms with van der Waals surface area (Å²) in [6, 6.07) is 0. The predicted molar refractivity (Wildman–Crippen MR) is 57.3 cm³/mol. The fraction of sp³-hybridized carbons (Fsp3) is 0.455. The molecule has 0 aliphatic carbocycles. The second-order valence-electron chi connectivity index (χ2n) is 3.17. The Morgan fingerprint density at radius 1 is 1.44 bits per heavy atom. The van der Waals surface area contributed by atoms with Crippen molar-refractivity contribution in [3.8, 4) is 0 Å². The lowest BCUT2D eigenvalue weighted by molar-refractivity contribution is -0.201. The number of carbonyl (C=O) groups is 2. The largest absolute Gasteiger partial charge is 0.419 e. The van der Waals surface area contributed by atoms with Gasteiger partial charge in [-0.15, -0.1) is 0 Å². The zero-order chi connectivity index (χ0) is 12.7. The molecule has 0 aromatic rings. The second kappa shape index (κ2) is 6.79. The highest BCUT2D eigenvalue weighted by Gasteiger charge is 2.25. The molecule has 0 radical (unpaired) electrons. The van der Waals surface area contributed by atoms with Gasteiger partial charge in [0.25, 0.3) is 6.29 Å². The van der Waals surface area contributed by atoms with Gasteiger partial charge in [-0.3, -0.25) is 0 Å². The molecule has 5 heteroatoms. The molecule has 2 atom stereocenters. The minimum Gasteiger partial charge on any atom is -0.419 e. The van der Waals surface area contributed by atoms with Crippen molar-refractivity contribution in [3.63, 3.8) is 0 Å². The summed E-state index contributed by atoms with van der Waals surface area (Å²) >= 11 is 0. The van der Waals surface area contributed by atoms with Crippen LogP contribution in [0, 0.1) is 0 Å². The fourth-order valence-corrected chi connectivity index (χ4v) is 0.742. The Balaban J connectivity index is 4.54. The second-order valence-corrected chi connectivity index (χ2v) is 3.17. The van der Waals surface area contributed by atoms with Gasteiger partial charge in [0.2, 0.25) is 0 Å². The smallest absolute Gasteiger partial charge is 0.336 e. The van der Waals surface area contributed by atoms with E-state index in [0.717, 1.165) is 6.08 Å². The third-order valence-electron chi connectivity index (χ3n) is 1.70. The van der Waals surface area contributed by atoms with Gasteiger partial charge in [-0.05, 0) is 13.3 Å². The Kier molecular flexibility index (Phi) is 6.10. The Hall–Kier alpha value is -1.62. The van der Waals surface area contributed by atoms with Gasteiger partial charge in [-0.25, -0.2) is 9.59 Å². The van der Waals surface area contributed by atoms with E-state index in [1.807, 2.05) is 0 Å². The van der Waals surface area contributed by atoms with E-state index in [0.29, 0.717) is 0 Å². The van der Waals surface area contributed by atoms with Gasteiger partial charge >= 0.3 is 11.9 Å². The molecule has 0 rings (SSSR count). The van der Waals surface area contributed by atoms with Crippen LogP contribution in [0.15, 0.2) is 24.8 Å². The third-order valence-corrected chi connectivity index (χ3v) is 1.70. The molecule has 0 spiro atoms. The number of carbonyl (C=O) groups excluding carboxylic acids is 2. The van der Waals surface area contributed by atoms with Crippen LogP contribution in [0.5, 0.6) is 0 Å². The van der Waals surface area contributed by atoms with Crippen molar-refractivity contribution in [2.75, 3.05) is 0 Å². The maximum atomic E-state index is 11.2. The van der Waals surface area contributed by atoms with Gasteiger partial charge in [0, 0.05) is 11.6 Å². The zero-order valence-electron chi connectivity index (χ0n) is 9.43.